The maximum atomic E-state index is 9.67. The van der Waals surface area contributed by atoms with Crippen LogP contribution < -0.4 is 0 Å². The Morgan fingerprint density at radius 2 is 1.00 bits per heavy atom. The van der Waals surface area contributed by atoms with Gasteiger partial charge in [0.05, 0.1) is 0 Å². The summed E-state index contributed by atoms with van der Waals surface area (Å²) in [5.41, 5.74) is 0. The molecule has 0 spiro atoms. The maximum absolute atomic E-state index is 9.67. The second-order valence-electron chi connectivity index (χ2n) is 0.247. The van der Waals surface area contributed by atoms with Gasteiger partial charge >= 0.3 is 24.3 Å². The molecule has 0 saturated heterocycles. The van der Waals surface area contributed by atoms with E-state index in [1.54, 1.807) is 0 Å². The summed E-state index contributed by atoms with van der Waals surface area (Å²) in [6.45, 7) is -3.67. The number of hydrogen-bond acceptors (Lipinski definition) is 0. The van der Waals surface area contributed by atoms with Gasteiger partial charge in [-0.25, -0.2) is 0 Å². The molecule has 0 aromatic heterocycles. The molecule has 0 N–H and O–H groups in total. The summed E-state index contributed by atoms with van der Waals surface area (Å²) in [6.07, 6.45) is 0. The standard InChI is InChI=1S/CHF3.GeH4/c2-1(3)4;/h1H;1H4. The second-order valence-corrected chi connectivity index (χ2v) is 0.247. The fourth-order valence-electron chi connectivity index (χ4n) is 0. The van der Waals surface area contributed by atoms with E-state index >= 15 is 0 Å². The van der Waals surface area contributed by atoms with Gasteiger partial charge in [-0.05, 0) is 0 Å². The molecule has 34 valence electrons. The molecule has 0 saturated carbocycles. The Bertz CT molecular complexity index is 11.6. The monoisotopic (exact) mass is 148 g/mol. The third-order valence-electron chi connectivity index (χ3n) is 0. The SMILES string of the molecule is FC(F)F.[GeH4]. The van der Waals surface area contributed by atoms with E-state index in [0.29, 0.717) is 0 Å². The van der Waals surface area contributed by atoms with Crippen LogP contribution in [0.3, 0.4) is 0 Å². The van der Waals surface area contributed by atoms with E-state index in [1.807, 2.05) is 0 Å². The fourth-order valence-corrected chi connectivity index (χ4v) is 0. The molecule has 0 unspecified atom stereocenters. The minimum absolute atomic E-state index is 0. The van der Waals surface area contributed by atoms with Crippen LogP contribution in [0.1, 0.15) is 0 Å². The Labute approximate surface area is 38.3 Å². The van der Waals surface area contributed by atoms with Crippen molar-refractivity contribution in [3.8, 4) is 0 Å². The molecule has 0 atom stereocenters. The van der Waals surface area contributed by atoms with Crippen LogP contribution in [0.5, 0.6) is 0 Å². The third kappa shape index (κ3) is 213. The van der Waals surface area contributed by atoms with Crippen molar-refractivity contribution in [2.24, 2.45) is 0 Å². The summed E-state index contributed by atoms with van der Waals surface area (Å²) in [7, 11) is 0. The first-order valence-electron chi connectivity index (χ1n) is 0.655. The number of hydrogen-bond donors (Lipinski definition) is 0. The van der Waals surface area contributed by atoms with E-state index in [0.717, 1.165) is 0 Å². The van der Waals surface area contributed by atoms with Crippen molar-refractivity contribution >= 4 is 17.6 Å². The second kappa shape index (κ2) is 4.33. The molecular weight excluding hydrogens is 142 g/mol. The molecule has 0 heterocycles. The molecule has 0 aromatic rings. The van der Waals surface area contributed by atoms with Crippen molar-refractivity contribution in [2.75, 3.05) is 0 Å². The van der Waals surface area contributed by atoms with Crippen LogP contribution in [-0.4, -0.2) is 24.3 Å². The minimum atomic E-state index is -3.67. The summed E-state index contributed by atoms with van der Waals surface area (Å²) in [4.78, 5) is 0. The van der Waals surface area contributed by atoms with Crippen LogP contribution in [0.15, 0.2) is 0 Å². The van der Waals surface area contributed by atoms with E-state index in [1.165, 1.54) is 0 Å². The molecule has 0 aliphatic heterocycles. The van der Waals surface area contributed by atoms with Gasteiger partial charge in [-0.1, -0.05) is 0 Å². The van der Waals surface area contributed by atoms with E-state index in [2.05, 4.69) is 0 Å². The molecule has 5 heavy (non-hydrogen) atoms. The molecule has 0 aliphatic rings. The molecule has 0 aromatic carbocycles. The molecule has 0 rings (SSSR count). The van der Waals surface area contributed by atoms with Crippen LogP contribution in [-0.2, 0) is 0 Å². The van der Waals surface area contributed by atoms with Crippen molar-refractivity contribution in [1.82, 2.24) is 0 Å². The van der Waals surface area contributed by atoms with Crippen molar-refractivity contribution in [2.45, 2.75) is 6.68 Å². The third-order valence-corrected chi connectivity index (χ3v) is 0. The summed E-state index contributed by atoms with van der Waals surface area (Å²) in [5, 5.41) is 0. The predicted octanol–water partition coefficient (Wildman–Crippen LogP) is -0.273. The predicted molar refractivity (Wildman–Crippen MR) is 18.4 cm³/mol. The van der Waals surface area contributed by atoms with Gasteiger partial charge in [0.1, 0.15) is 0 Å². The Balaban J connectivity index is 0. The van der Waals surface area contributed by atoms with E-state index in [-0.39, 0.29) is 17.6 Å². The first-order valence-corrected chi connectivity index (χ1v) is 0.655. The normalized spacial score (nSPS) is 7.20. The molecular formula is CH5F3Ge. The van der Waals surface area contributed by atoms with Crippen LogP contribution in [0.2, 0.25) is 0 Å². The first-order chi connectivity index (χ1) is 1.73. The van der Waals surface area contributed by atoms with Gasteiger partial charge in [-0.2, -0.15) is 13.2 Å². The van der Waals surface area contributed by atoms with Crippen molar-refractivity contribution in [1.29, 1.82) is 0 Å². The average Bonchev–Trinajstić information content (AvgIpc) is 0.811. The quantitative estimate of drug-likeness (QED) is 0.413. The van der Waals surface area contributed by atoms with Gasteiger partial charge in [0, 0.05) is 0 Å². The molecule has 0 nitrogen and oxygen atoms in total. The van der Waals surface area contributed by atoms with Crippen molar-refractivity contribution in [3.63, 3.8) is 0 Å². The average molecular weight is 147 g/mol. The number of alkyl halides is 3. The van der Waals surface area contributed by atoms with Gasteiger partial charge in [-0.3, -0.25) is 0 Å². The molecule has 0 radical (unpaired) electrons. The first kappa shape index (κ1) is 9.01. The molecule has 0 fully saturated rings. The molecule has 0 amide bonds. The van der Waals surface area contributed by atoms with Crippen molar-refractivity contribution in [3.05, 3.63) is 0 Å². The van der Waals surface area contributed by atoms with Gasteiger partial charge in [0.2, 0.25) is 0 Å². The van der Waals surface area contributed by atoms with Crippen molar-refractivity contribution < 1.29 is 13.2 Å². The number of rotatable bonds is 0. The van der Waals surface area contributed by atoms with Crippen LogP contribution in [0, 0.1) is 0 Å². The van der Waals surface area contributed by atoms with E-state index < -0.39 is 6.68 Å². The van der Waals surface area contributed by atoms with Gasteiger partial charge in [0.25, 0.3) is 0 Å². The summed E-state index contributed by atoms with van der Waals surface area (Å²) in [5.74, 6) is 0. The zero-order valence-corrected chi connectivity index (χ0v) is 1.71. The Kier molecular flexibility index (Phi) is 7.81. The molecule has 0 bridgehead atoms. The Hall–Kier alpha value is 0.333. The summed E-state index contributed by atoms with van der Waals surface area (Å²) >= 11 is 0. The van der Waals surface area contributed by atoms with E-state index in [9.17, 15) is 13.2 Å². The van der Waals surface area contributed by atoms with Gasteiger partial charge in [-0.15, -0.1) is 0 Å². The van der Waals surface area contributed by atoms with Gasteiger partial charge in [0.15, 0.2) is 0 Å². The Morgan fingerprint density at radius 3 is 1.00 bits per heavy atom. The zero-order valence-electron chi connectivity index (χ0n) is 1.71. The summed E-state index contributed by atoms with van der Waals surface area (Å²) in [6, 6.07) is 0. The molecule has 4 heteroatoms. The number of halogens is 3. The summed E-state index contributed by atoms with van der Waals surface area (Å²) < 4.78 is 29.0. The van der Waals surface area contributed by atoms with Crippen LogP contribution in [0.25, 0.3) is 0 Å². The molecule has 0 aliphatic carbocycles. The fraction of sp³-hybridized carbons (Fsp3) is 1.00. The zero-order chi connectivity index (χ0) is 3.58. The van der Waals surface area contributed by atoms with Crippen LogP contribution >= 0.6 is 0 Å². The Morgan fingerprint density at radius 1 is 1.00 bits per heavy atom. The van der Waals surface area contributed by atoms with E-state index in [4.69, 9.17) is 0 Å². The van der Waals surface area contributed by atoms with Gasteiger partial charge < -0.3 is 0 Å². The topological polar surface area (TPSA) is 0 Å². The van der Waals surface area contributed by atoms with Crippen LogP contribution in [0.4, 0.5) is 13.2 Å².